The maximum atomic E-state index is 13.1. The van der Waals surface area contributed by atoms with Crippen molar-refractivity contribution in [2.24, 2.45) is 0 Å². The number of nitrogens with zero attached hydrogens (tertiary/aromatic N) is 1. The number of methoxy groups -OCH3 is 1. The number of nitrogens with one attached hydrogen (secondary N) is 1. The van der Waals surface area contributed by atoms with E-state index in [9.17, 15) is 14.0 Å². The molecule has 2 rings (SSSR count). The van der Waals surface area contributed by atoms with E-state index in [1.807, 2.05) is 26.0 Å². The largest absolute Gasteiger partial charge is 0.497 e. The lowest BCUT2D eigenvalue weighted by atomic mass is 10.1. The number of ether oxygens (including phenoxy) is 2. The van der Waals surface area contributed by atoms with E-state index < -0.39 is 6.04 Å². The molecule has 0 saturated carbocycles. The minimum absolute atomic E-state index is 0.00773. The van der Waals surface area contributed by atoms with Gasteiger partial charge in [0.25, 0.3) is 5.91 Å². The Labute approximate surface area is 177 Å². The number of rotatable bonds is 10. The smallest absolute Gasteiger partial charge is 0.261 e. The van der Waals surface area contributed by atoms with Crippen molar-refractivity contribution in [2.45, 2.75) is 45.8 Å². The molecule has 2 aromatic carbocycles. The van der Waals surface area contributed by atoms with E-state index in [0.717, 1.165) is 12.0 Å². The Balaban J connectivity index is 2.14. The average Bonchev–Trinajstić information content (AvgIpc) is 2.76. The molecule has 0 heterocycles. The van der Waals surface area contributed by atoms with Gasteiger partial charge in [0.15, 0.2) is 6.61 Å². The van der Waals surface area contributed by atoms with Gasteiger partial charge in [-0.1, -0.05) is 19.1 Å². The van der Waals surface area contributed by atoms with Crippen molar-refractivity contribution in [1.82, 2.24) is 10.2 Å². The summed E-state index contributed by atoms with van der Waals surface area (Å²) in [6, 6.07) is 12.0. The minimum Gasteiger partial charge on any atom is -0.497 e. The molecule has 7 heteroatoms. The van der Waals surface area contributed by atoms with E-state index in [1.54, 1.807) is 26.2 Å². The predicted octanol–water partition coefficient (Wildman–Crippen LogP) is 3.55. The highest BCUT2D eigenvalue weighted by molar-refractivity contribution is 5.88. The van der Waals surface area contributed by atoms with E-state index in [0.29, 0.717) is 11.5 Å². The van der Waals surface area contributed by atoms with Crippen LogP contribution in [-0.2, 0) is 16.1 Å². The molecule has 0 fully saturated rings. The first-order valence-corrected chi connectivity index (χ1v) is 9.95. The van der Waals surface area contributed by atoms with E-state index in [-0.39, 0.29) is 36.8 Å². The molecule has 0 bridgehead atoms. The van der Waals surface area contributed by atoms with E-state index in [1.165, 1.54) is 29.2 Å². The average molecular weight is 416 g/mol. The van der Waals surface area contributed by atoms with Gasteiger partial charge in [0, 0.05) is 12.6 Å². The fraction of sp³-hybridized carbons (Fsp3) is 0.391. The monoisotopic (exact) mass is 416 g/mol. The molecular weight excluding hydrogens is 387 g/mol. The summed E-state index contributed by atoms with van der Waals surface area (Å²) in [5, 5.41) is 2.91. The molecule has 0 aliphatic carbocycles. The van der Waals surface area contributed by atoms with Crippen LogP contribution < -0.4 is 14.8 Å². The highest BCUT2D eigenvalue weighted by Crippen LogP contribution is 2.16. The van der Waals surface area contributed by atoms with Gasteiger partial charge < -0.3 is 19.7 Å². The summed E-state index contributed by atoms with van der Waals surface area (Å²) in [7, 11) is 1.58. The maximum Gasteiger partial charge on any atom is 0.261 e. The predicted molar refractivity (Wildman–Crippen MR) is 113 cm³/mol. The highest BCUT2D eigenvalue weighted by atomic mass is 19.1. The van der Waals surface area contributed by atoms with Crippen molar-refractivity contribution in [1.29, 1.82) is 0 Å². The first-order chi connectivity index (χ1) is 14.3. The summed E-state index contributed by atoms with van der Waals surface area (Å²) >= 11 is 0. The van der Waals surface area contributed by atoms with Crippen molar-refractivity contribution in [3.05, 3.63) is 59.9 Å². The number of halogens is 1. The number of hydrogen-bond donors (Lipinski definition) is 1. The Morgan fingerprint density at radius 1 is 1.03 bits per heavy atom. The fourth-order valence-electron chi connectivity index (χ4n) is 2.73. The molecule has 0 aromatic heterocycles. The van der Waals surface area contributed by atoms with Crippen molar-refractivity contribution in [2.75, 3.05) is 13.7 Å². The zero-order chi connectivity index (χ0) is 22.1. The van der Waals surface area contributed by atoms with E-state index in [2.05, 4.69) is 5.32 Å². The van der Waals surface area contributed by atoms with Crippen molar-refractivity contribution >= 4 is 11.8 Å². The molecule has 2 unspecified atom stereocenters. The van der Waals surface area contributed by atoms with Crippen LogP contribution in [0.25, 0.3) is 0 Å². The quantitative estimate of drug-likeness (QED) is 0.643. The lowest BCUT2D eigenvalue weighted by Gasteiger charge is -2.29. The van der Waals surface area contributed by atoms with Crippen LogP contribution in [0.15, 0.2) is 48.5 Å². The lowest BCUT2D eigenvalue weighted by Crippen LogP contribution is -2.50. The molecule has 30 heavy (non-hydrogen) atoms. The summed E-state index contributed by atoms with van der Waals surface area (Å²) in [6.07, 6.45) is 0.790. The summed E-state index contributed by atoms with van der Waals surface area (Å²) in [6.45, 7) is 5.56. The van der Waals surface area contributed by atoms with Crippen LogP contribution in [0.5, 0.6) is 11.5 Å². The summed E-state index contributed by atoms with van der Waals surface area (Å²) < 4.78 is 23.7. The summed E-state index contributed by atoms with van der Waals surface area (Å²) in [5.74, 6) is 0.129. The number of carbonyl (C=O) groups is 2. The van der Waals surface area contributed by atoms with Gasteiger partial charge in [-0.25, -0.2) is 4.39 Å². The first-order valence-electron chi connectivity index (χ1n) is 9.95. The summed E-state index contributed by atoms with van der Waals surface area (Å²) in [4.78, 5) is 27.1. The standard InChI is InChI=1S/C23H29FN2O4/c1-5-16(2)25-23(28)17(3)26(14-18-6-10-20(29-4)11-7-18)22(27)15-30-21-12-8-19(24)9-13-21/h6-13,16-17H,5,14-15H2,1-4H3,(H,25,28). The number of carbonyl (C=O) groups excluding carboxylic acids is 2. The molecule has 2 aromatic rings. The second-order valence-electron chi connectivity index (χ2n) is 7.11. The third-order valence-electron chi connectivity index (χ3n) is 4.86. The molecule has 2 atom stereocenters. The van der Waals surface area contributed by atoms with Crippen LogP contribution in [0, 0.1) is 5.82 Å². The third-order valence-corrected chi connectivity index (χ3v) is 4.86. The Hall–Kier alpha value is -3.09. The van der Waals surface area contributed by atoms with Crippen LogP contribution in [0.4, 0.5) is 4.39 Å². The lowest BCUT2D eigenvalue weighted by molar-refractivity contribution is -0.142. The normalized spacial score (nSPS) is 12.6. The van der Waals surface area contributed by atoms with Gasteiger partial charge in [0.1, 0.15) is 23.4 Å². The second kappa shape index (κ2) is 11.2. The molecule has 0 saturated heterocycles. The Kier molecular flexibility index (Phi) is 8.65. The zero-order valence-corrected chi connectivity index (χ0v) is 17.9. The van der Waals surface area contributed by atoms with Gasteiger partial charge in [-0.3, -0.25) is 9.59 Å². The van der Waals surface area contributed by atoms with Crippen LogP contribution >= 0.6 is 0 Å². The molecular formula is C23H29FN2O4. The van der Waals surface area contributed by atoms with E-state index in [4.69, 9.17) is 9.47 Å². The molecule has 2 amide bonds. The Morgan fingerprint density at radius 2 is 1.63 bits per heavy atom. The maximum absolute atomic E-state index is 13.1. The highest BCUT2D eigenvalue weighted by Gasteiger charge is 2.27. The van der Waals surface area contributed by atoms with Gasteiger partial charge in [-0.05, 0) is 62.2 Å². The molecule has 0 spiro atoms. The van der Waals surface area contributed by atoms with Crippen LogP contribution in [0.3, 0.4) is 0 Å². The fourth-order valence-corrected chi connectivity index (χ4v) is 2.73. The van der Waals surface area contributed by atoms with Gasteiger partial charge in [0.05, 0.1) is 7.11 Å². The van der Waals surface area contributed by atoms with Crippen LogP contribution in [0.1, 0.15) is 32.8 Å². The SMILES string of the molecule is CCC(C)NC(=O)C(C)N(Cc1ccc(OC)cc1)C(=O)COc1ccc(F)cc1. The topological polar surface area (TPSA) is 67.9 Å². The first kappa shape index (κ1) is 23.2. The minimum atomic E-state index is -0.689. The molecule has 0 aliphatic rings. The van der Waals surface area contributed by atoms with Crippen LogP contribution in [0.2, 0.25) is 0 Å². The molecule has 6 nitrogen and oxygen atoms in total. The Bertz CT molecular complexity index is 824. The van der Waals surface area contributed by atoms with Crippen LogP contribution in [-0.4, -0.2) is 42.5 Å². The molecule has 0 aliphatic heterocycles. The van der Waals surface area contributed by atoms with Crippen molar-refractivity contribution in [3.63, 3.8) is 0 Å². The number of benzene rings is 2. The van der Waals surface area contributed by atoms with Crippen molar-refractivity contribution < 1.29 is 23.5 Å². The van der Waals surface area contributed by atoms with Gasteiger partial charge >= 0.3 is 0 Å². The van der Waals surface area contributed by atoms with Gasteiger partial charge in [-0.2, -0.15) is 0 Å². The molecule has 162 valence electrons. The number of amides is 2. The molecule has 1 N–H and O–H groups in total. The van der Waals surface area contributed by atoms with Gasteiger partial charge in [-0.15, -0.1) is 0 Å². The third kappa shape index (κ3) is 6.76. The second-order valence-corrected chi connectivity index (χ2v) is 7.11. The van der Waals surface area contributed by atoms with Crippen molar-refractivity contribution in [3.8, 4) is 11.5 Å². The van der Waals surface area contributed by atoms with E-state index >= 15 is 0 Å². The Morgan fingerprint density at radius 3 is 2.20 bits per heavy atom. The number of hydrogen-bond acceptors (Lipinski definition) is 4. The summed E-state index contributed by atoms with van der Waals surface area (Å²) in [5.41, 5.74) is 0.856. The zero-order valence-electron chi connectivity index (χ0n) is 17.9. The molecule has 0 radical (unpaired) electrons. The van der Waals surface area contributed by atoms with Gasteiger partial charge in [0.2, 0.25) is 5.91 Å².